The first-order chi connectivity index (χ1) is 12.0. The number of carbonyl (C=O) groups excluding carboxylic acids is 1. The molecule has 0 saturated heterocycles. The Morgan fingerprint density at radius 1 is 1.12 bits per heavy atom. The second-order valence-electron chi connectivity index (χ2n) is 4.94. The minimum atomic E-state index is -0.630. The third-order valence-corrected chi connectivity index (χ3v) is 3.53. The van der Waals surface area contributed by atoms with Crippen LogP contribution in [0.3, 0.4) is 0 Å². The lowest BCUT2D eigenvalue weighted by molar-refractivity contribution is -0.384. The van der Waals surface area contributed by atoms with Crippen molar-refractivity contribution in [2.24, 2.45) is 0 Å². The van der Waals surface area contributed by atoms with Crippen LogP contribution in [-0.4, -0.2) is 16.1 Å². The number of nitrogens with zero attached hydrogens (tertiary/aromatic N) is 2. The minimum Gasteiger partial charge on any atom is -0.354 e. The second kappa shape index (κ2) is 7.02. The van der Waals surface area contributed by atoms with E-state index in [9.17, 15) is 14.9 Å². The van der Waals surface area contributed by atoms with E-state index in [4.69, 9.17) is 16.1 Å². The molecule has 9 heteroatoms. The molecule has 2 amide bonds. The van der Waals surface area contributed by atoms with E-state index in [1.54, 1.807) is 6.07 Å². The topological polar surface area (TPSA) is 110 Å². The molecule has 0 atom stereocenters. The normalized spacial score (nSPS) is 10.3. The molecule has 0 saturated carbocycles. The maximum Gasteiger partial charge on any atom is 0.324 e. The van der Waals surface area contributed by atoms with Gasteiger partial charge in [-0.15, -0.1) is 0 Å². The van der Waals surface area contributed by atoms with Crippen molar-refractivity contribution in [3.63, 3.8) is 0 Å². The van der Waals surface area contributed by atoms with E-state index in [-0.39, 0.29) is 22.2 Å². The highest BCUT2D eigenvalue weighted by molar-refractivity contribution is 6.32. The van der Waals surface area contributed by atoms with Crippen molar-refractivity contribution < 1.29 is 14.2 Å². The molecule has 1 heterocycles. The van der Waals surface area contributed by atoms with Gasteiger partial charge in [-0.1, -0.05) is 47.1 Å². The molecule has 0 aliphatic heterocycles. The van der Waals surface area contributed by atoms with Gasteiger partial charge in [-0.2, -0.15) is 0 Å². The number of nitrogens with one attached hydrogen (secondary N) is 2. The third-order valence-electron chi connectivity index (χ3n) is 3.21. The smallest absolute Gasteiger partial charge is 0.324 e. The first-order valence-corrected chi connectivity index (χ1v) is 7.45. The van der Waals surface area contributed by atoms with Crippen LogP contribution in [0.4, 0.5) is 22.0 Å². The summed E-state index contributed by atoms with van der Waals surface area (Å²) in [6.07, 6.45) is 0. The van der Waals surface area contributed by atoms with Crippen LogP contribution >= 0.6 is 11.6 Å². The van der Waals surface area contributed by atoms with Gasteiger partial charge < -0.3 is 9.84 Å². The Bertz CT molecular complexity index is 927. The quantitative estimate of drug-likeness (QED) is 0.525. The Balaban J connectivity index is 1.68. The van der Waals surface area contributed by atoms with Gasteiger partial charge in [0.05, 0.1) is 4.92 Å². The van der Waals surface area contributed by atoms with E-state index in [0.717, 1.165) is 5.56 Å². The Kier molecular flexibility index (Phi) is 4.62. The highest BCUT2D eigenvalue weighted by Crippen LogP contribution is 2.27. The van der Waals surface area contributed by atoms with Crippen LogP contribution in [-0.2, 0) is 0 Å². The molecular formula is C16H11ClN4O4. The predicted octanol–water partition coefficient (Wildman–Crippen LogP) is 4.55. The summed E-state index contributed by atoms with van der Waals surface area (Å²) in [5.41, 5.74) is 0.740. The van der Waals surface area contributed by atoms with Gasteiger partial charge in [-0.05, 0) is 12.1 Å². The number of aromatic nitrogens is 1. The molecule has 0 fully saturated rings. The van der Waals surface area contributed by atoms with Crippen molar-refractivity contribution >= 4 is 34.8 Å². The molecular weight excluding hydrogens is 348 g/mol. The number of hydrogen-bond acceptors (Lipinski definition) is 5. The number of halogens is 1. The molecule has 0 aliphatic carbocycles. The van der Waals surface area contributed by atoms with Crippen LogP contribution in [0.1, 0.15) is 0 Å². The fourth-order valence-corrected chi connectivity index (χ4v) is 2.27. The fourth-order valence-electron chi connectivity index (χ4n) is 2.08. The Labute approximate surface area is 146 Å². The summed E-state index contributed by atoms with van der Waals surface area (Å²) in [6.45, 7) is 0. The van der Waals surface area contributed by atoms with E-state index in [1.807, 2.05) is 30.3 Å². The lowest BCUT2D eigenvalue weighted by atomic mass is 10.2. The average Bonchev–Trinajstić information content (AvgIpc) is 3.05. The zero-order chi connectivity index (χ0) is 17.8. The highest BCUT2D eigenvalue weighted by Gasteiger charge is 2.15. The van der Waals surface area contributed by atoms with Crippen LogP contribution < -0.4 is 10.6 Å². The first-order valence-electron chi connectivity index (χ1n) is 7.07. The van der Waals surface area contributed by atoms with Crippen molar-refractivity contribution in [1.29, 1.82) is 0 Å². The molecule has 8 nitrogen and oxygen atoms in total. The fraction of sp³-hybridized carbons (Fsp3) is 0. The molecule has 3 rings (SSSR count). The number of benzene rings is 2. The standard InChI is InChI=1S/C16H11ClN4O4/c17-12-7-6-11(8-13(12)21(23)24)18-16(22)19-15-9-14(25-20-15)10-4-2-1-3-5-10/h1-9H,(H2,18,19,20,22). The number of nitro benzene ring substituents is 1. The number of anilines is 2. The van der Waals surface area contributed by atoms with E-state index in [1.165, 1.54) is 18.2 Å². The summed E-state index contributed by atoms with van der Waals surface area (Å²) in [5.74, 6) is 0.706. The summed E-state index contributed by atoms with van der Waals surface area (Å²) in [7, 11) is 0. The van der Waals surface area contributed by atoms with Crippen molar-refractivity contribution in [3.05, 3.63) is 69.7 Å². The van der Waals surface area contributed by atoms with Gasteiger partial charge in [0, 0.05) is 23.4 Å². The first kappa shape index (κ1) is 16.5. The van der Waals surface area contributed by atoms with E-state index in [2.05, 4.69) is 15.8 Å². The lowest BCUT2D eigenvalue weighted by Crippen LogP contribution is -2.19. The Morgan fingerprint density at radius 3 is 2.60 bits per heavy atom. The zero-order valence-electron chi connectivity index (χ0n) is 12.6. The van der Waals surface area contributed by atoms with Gasteiger partial charge in [0.1, 0.15) is 5.02 Å². The highest BCUT2D eigenvalue weighted by atomic mass is 35.5. The summed E-state index contributed by atoms with van der Waals surface area (Å²) < 4.78 is 5.17. The Morgan fingerprint density at radius 2 is 1.88 bits per heavy atom. The molecule has 25 heavy (non-hydrogen) atoms. The summed E-state index contributed by atoms with van der Waals surface area (Å²) in [6, 6.07) is 14.2. The van der Waals surface area contributed by atoms with Crippen LogP contribution in [0.15, 0.2) is 59.1 Å². The zero-order valence-corrected chi connectivity index (χ0v) is 13.4. The predicted molar refractivity (Wildman–Crippen MR) is 92.7 cm³/mol. The van der Waals surface area contributed by atoms with Gasteiger partial charge in [-0.25, -0.2) is 4.79 Å². The lowest BCUT2D eigenvalue weighted by Gasteiger charge is -2.05. The molecule has 0 spiro atoms. The molecule has 1 aromatic heterocycles. The number of rotatable bonds is 4. The Hall–Kier alpha value is -3.39. The number of nitro groups is 1. The van der Waals surface area contributed by atoms with Crippen molar-refractivity contribution in [3.8, 4) is 11.3 Å². The SMILES string of the molecule is O=C(Nc1ccc(Cl)c([N+](=O)[O-])c1)Nc1cc(-c2ccccc2)on1. The van der Waals surface area contributed by atoms with Crippen molar-refractivity contribution in [1.82, 2.24) is 5.16 Å². The minimum absolute atomic E-state index is 0.0139. The molecule has 0 bridgehead atoms. The second-order valence-corrected chi connectivity index (χ2v) is 5.35. The molecule has 0 aliphatic rings. The van der Waals surface area contributed by atoms with Gasteiger partial charge in [-0.3, -0.25) is 15.4 Å². The van der Waals surface area contributed by atoms with Gasteiger partial charge in [0.25, 0.3) is 5.69 Å². The van der Waals surface area contributed by atoms with Crippen molar-refractivity contribution in [2.75, 3.05) is 10.6 Å². The largest absolute Gasteiger partial charge is 0.354 e. The number of carbonyl (C=O) groups is 1. The third kappa shape index (κ3) is 3.93. The van der Waals surface area contributed by atoms with Gasteiger partial charge >= 0.3 is 6.03 Å². The van der Waals surface area contributed by atoms with E-state index >= 15 is 0 Å². The molecule has 2 N–H and O–H groups in total. The molecule has 2 aromatic carbocycles. The average molecular weight is 359 g/mol. The van der Waals surface area contributed by atoms with Crippen LogP contribution in [0.5, 0.6) is 0 Å². The van der Waals surface area contributed by atoms with Crippen LogP contribution in [0, 0.1) is 10.1 Å². The summed E-state index contributed by atoms with van der Waals surface area (Å²) in [4.78, 5) is 22.2. The molecule has 0 radical (unpaired) electrons. The van der Waals surface area contributed by atoms with E-state index < -0.39 is 11.0 Å². The molecule has 126 valence electrons. The number of urea groups is 1. The number of amides is 2. The van der Waals surface area contributed by atoms with Crippen LogP contribution in [0.25, 0.3) is 11.3 Å². The maximum absolute atomic E-state index is 12.0. The number of hydrogen-bond donors (Lipinski definition) is 2. The molecule has 3 aromatic rings. The van der Waals surface area contributed by atoms with Gasteiger partial charge in [0.15, 0.2) is 11.6 Å². The van der Waals surface area contributed by atoms with E-state index in [0.29, 0.717) is 5.76 Å². The summed E-state index contributed by atoms with van der Waals surface area (Å²) in [5, 5.41) is 19.6. The van der Waals surface area contributed by atoms with Crippen molar-refractivity contribution in [2.45, 2.75) is 0 Å². The van der Waals surface area contributed by atoms with Gasteiger partial charge in [0.2, 0.25) is 0 Å². The molecule has 0 unspecified atom stereocenters. The monoisotopic (exact) mass is 358 g/mol. The van der Waals surface area contributed by atoms with Crippen LogP contribution in [0.2, 0.25) is 5.02 Å². The maximum atomic E-state index is 12.0. The summed E-state index contributed by atoms with van der Waals surface area (Å²) >= 11 is 5.73.